The van der Waals surface area contributed by atoms with Crippen LogP contribution in [0, 0.1) is 17.0 Å². The van der Waals surface area contributed by atoms with Gasteiger partial charge < -0.3 is 9.80 Å². The lowest BCUT2D eigenvalue weighted by Gasteiger charge is -2.35. The third kappa shape index (κ3) is 3.86. The summed E-state index contributed by atoms with van der Waals surface area (Å²) >= 11 is 6.12. The number of imidazole rings is 1. The second-order valence-electron chi connectivity index (χ2n) is 7.11. The van der Waals surface area contributed by atoms with Crippen LogP contribution in [0.1, 0.15) is 15.9 Å². The average Bonchev–Trinajstić information content (AvgIpc) is 3.23. The zero-order chi connectivity index (χ0) is 21.3. The highest BCUT2D eigenvalue weighted by atomic mass is 35.5. The monoisotopic (exact) mass is 425 g/mol. The number of amides is 1. The lowest BCUT2D eigenvalue weighted by atomic mass is 10.1. The van der Waals surface area contributed by atoms with Crippen LogP contribution in [-0.4, -0.2) is 51.5 Å². The molecule has 0 spiro atoms. The molecule has 1 aliphatic heterocycles. The molecular weight excluding hydrogens is 406 g/mol. The van der Waals surface area contributed by atoms with Gasteiger partial charge in [0.1, 0.15) is 0 Å². The number of hydrogen-bond acceptors (Lipinski definition) is 5. The van der Waals surface area contributed by atoms with Crippen molar-refractivity contribution in [2.45, 2.75) is 6.92 Å². The Morgan fingerprint density at radius 2 is 1.90 bits per heavy atom. The number of aromatic nitrogens is 2. The molecule has 0 bridgehead atoms. The number of hydrogen-bond donors (Lipinski definition) is 0. The fourth-order valence-electron chi connectivity index (χ4n) is 3.59. The quantitative estimate of drug-likeness (QED) is 0.470. The number of aryl methyl sites for hydroxylation is 1. The second kappa shape index (κ2) is 8.16. The average molecular weight is 426 g/mol. The van der Waals surface area contributed by atoms with Gasteiger partial charge in [0, 0.05) is 66.5 Å². The van der Waals surface area contributed by atoms with Crippen molar-refractivity contribution in [3.63, 3.8) is 0 Å². The van der Waals surface area contributed by atoms with Crippen molar-refractivity contribution in [3.05, 3.63) is 81.1 Å². The number of anilines is 1. The minimum atomic E-state index is -0.459. The Kier molecular flexibility index (Phi) is 5.41. The van der Waals surface area contributed by atoms with Crippen LogP contribution in [0.2, 0.25) is 5.02 Å². The molecular formula is C21H20ClN5O3. The topological polar surface area (TPSA) is 84.5 Å². The van der Waals surface area contributed by atoms with E-state index in [2.05, 4.69) is 9.88 Å². The van der Waals surface area contributed by atoms with E-state index in [0.29, 0.717) is 42.3 Å². The van der Waals surface area contributed by atoms with E-state index in [0.717, 1.165) is 11.6 Å². The summed E-state index contributed by atoms with van der Waals surface area (Å²) in [6.45, 7) is 3.88. The first-order valence-corrected chi connectivity index (χ1v) is 9.90. The van der Waals surface area contributed by atoms with E-state index in [4.69, 9.17) is 11.6 Å². The van der Waals surface area contributed by atoms with Gasteiger partial charge in [0.05, 0.1) is 4.92 Å². The molecule has 1 saturated heterocycles. The summed E-state index contributed by atoms with van der Waals surface area (Å²) < 4.78 is 1.96. The number of carbonyl (C=O) groups is 1. The third-order valence-electron chi connectivity index (χ3n) is 5.21. The highest BCUT2D eigenvalue weighted by molar-refractivity contribution is 6.30. The smallest absolute Gasteiger partial charge is 0.273 e. The fourth-order valence-corrected chi connectivity index (χ4v) is 3.77. The van der Waals surface area contributed by atoms with E-state index < -0.39 is 4.92 Å². The molecule has 0 N–H and O–H groups in total. The van der Waals surface area contributed by atoms with Crippen LogP contribution >= 0.6 is 11.6 Å². The van der Waals surface area contributed by atoms with Crippen LogP contribution in [0.25, 0.3) is 5.69 Å². The molecule has 1 aromatic heterocycles. The molecule has 1 fully saturated rings. The van der Waals surface area contributed by atoms with Gasteiger partial charge in [0.2, 0.25) is 5.95 Å². The number of nitrogens with zero attached hydrogens (tertiary/aromatic N) is 5. The molecule has 154 valence electrons. The molecule has 0 atom stereocenters. The Labute approximate surface area is 178 Å². The van der Waals surface area contributed by atoms with Crippen molar-refractivity contribution < 1.29 is 9.72 Å². The van der Waals surface area contributed by atoms with Crippen LogP contribution < -0.4 is 4.90 Å². The van der Waals surface area contributed by atoms with Crippen LogP contribution in [0.5, 0.6) is 0 Å². The largest absolute Gasteiger partial charge is 0.338 e. The van der Waals surface area contributed by atoms with Crippen molar-refractivity contribution in [3.8, 4) is 5.69 Å². The van der Waals surface area contributed by atoms with Gasteiger partial charge in [-0.25, -0.2) is 4.98 Å². The van der Waals surface area contributed by atoms with E-state index in [1.807, 2.05) is 35.0 Å². The number of piperazine rings is 1. The SMILES string of the molecule is Cc1ccc(C(=O)N2CCN(c3nccn3-c3cccc(Cl)c3)CC2)cc1[N+](=O)[O-]. The minimum absolute atomic E-state index is 0.0389. The van der Waals surface area contributed by atoms with Gasteiger partial charge in [-0.1, -0.05) is 23.7 Å². The van der Waals surface area contributed by atoms with Gasteiger partial charge >= 0.3 is 0 Å². The minimum Gasteiger partial charge on any atom is -0.338 e. The molecule has 4 rings (SSSR count). The third-order valence-corrected chi connectivity index (χ3v) is 5.45. The summed E-state index contributed by atoms with van der Waals surface area (Å²) in [6.07, 6.45) is 3.61. The molecule has 30 heavy (non-hydrogen) atoms. The molecule has 3 aromatic rings. The first-order chi connectivity index (χ1) is 14.4. The summed E-state index contributed by atoms with van der Waals surface area (Å²) in [5, 5.41) is 11.8. The van der Waals surface area contributed by atoms with E-state index >= 15 is 0 Å². The van der Waals surface area contributed by atoms with E-state index in [-0.39, 0.29) is 11.6 Å². The van der Waals surface area contributed by atoms with Crippen LogP contribution in [-0.2, 0) is 0 Å². The molecule has 2 aromatic carbocycles. The number of rotatable bonds is 4. The molecule has 0 radical (unpaired) electrons. The zero-order valence-electron chi connectivity index (χ0n) is 16.4. The van der Waals surface area contributed by atoms with Crippen molar-refractivity contribution >= 4 is 29.1 Å². The molecule has 1 aliphatic rings. The molecule has 1 amide bonds. The predicted molar refractivity (Wildman–Crippen MR) is 115 cm³/mol. The maximum Gasteiger partial charge on any atom is 0.273 e. The van der Waals surface area contributed by atoms with Crippen molar-refractivity contribution in [2.24, 2.45) is 0 Å². The van der Waals surface area contributed by atoms with Gasteiger partial charge in [0.15, 0.2) is 0 Å². The van der Waals surface area contributed by atoms with E-state index in [1.165, 1.54) is 6.07 Å². The van der Waals surface area contributed by atoms with Gasteiger partial charge in [-0.3, -0.25) is 19.5 Å². The Balaban J connectivity index is 1.48. The van der Waals surface area contributed by atoms with Crippen molar-refractivity contribution in [2.75, 3.05) is 31.1 Å². The van der Waals surface area contributed by atoms with Crippen LogP contribution in [0.4, 0.5) is 11.6 Å². The molecule has 0 unspecified atom stereocenters. The zero-order valence-corrected chi connectivity index (χ0v) is 17.1. The lowest BCUT2D eigenvalue weighted by molar-refractivity contribution is -0.385. The maximum absolute atomic E-state index is 12.9. The molecule has 0 saturated carbocycles. The van der Waals surface area contributed by atoms with Crippen LogP contribution in [0.15, 0.2) is 54.9 Å². The molecule has 0 aliphatic carbocycles. The Morgan fingerprint density at radius 3 is 2.60 bits per heavy atom. The summed E-state index contributed by atoms with van der Waals surface area (Å²) in [4.78, 5) is 31.9. The number of nitro benzene ring substituents is 1. The Bertz CT molecular complexity index is 1110. The first-order valence-electron chi connectivity index (χ1n) is 9.52. The molecule has 9 heteroatoms. The van der Waals surface area contributed by atoms with Crippen molar-refractivity contribution in [1.29, 1.82) is 0 Å². The summed E-state index contributed by atoms with van der Waals surface area (Å²) in [5.41, 5.74) is 1.75. The summed E-state index contributed by atoms with van der Waals surface area (Å²) in [7, 11) is 0. The van der Waals surface area contributed by atoms with E-state index in [9.17, 15) is 14.9 Å². The van der Waals surface area contributed by atoms with Gasteiger partial charge in [0.25, 0.3) is 11.6 Å². The van der Waals surface area contributed by atoms with Gasteiger partial charge in [-0.15, -0.1) is 0 Å². The maximum atomic E-state index is 12.9. The summed E-state index contributed by atoms with van der Waals surface area (Å²) in [5.74, 6) is 0.589. The highest BCUT2D eigenvalue weighted by Crippen LogP contribution is 2.24. The standard InChI is InChI=1S/C21H20ClN5O3/c1-15-5-6-16(13-19(15)27(29)30)20(28)24-9-11-25(12-10-24)21-23-7-8-26(21)18-4-2-3-17(22)14-18/h2-8,13-14H,9-12H2,1H3. The number of halogens is 1. The number of benzene rings is 2. The normalized spacial score (nSPS) is 14.1. The van der Waals surface area contributed by atoms with Gasteiger partial charge in [-0.05, 0) is 31.2 Å². The predicted octanol–water partition coefficient (Wildman–Crippen LogP) is 3.70. The Hall–Kier alpha value is -3.39. The molecule has 8 nitrogen and oxygen atoms in total. The highest BCUT2D eigenvalue weighted by Gasteiger charge is 2.26. The summed E-state index contributed by atoms with van der Waals surface area (Å²) in [6, 6.07) is 12.2. The van der Waals surface area contributed by atoms with Crippen molar-refractivity contribution in [1.82, 2.24) is 14.5 Å². The van der Waals surface area contributed by atoms with Crippen LogP contribution in [0.3, 0.4) is 0 Å². The number of carbonyl (C=O) groups excluding carboxylic acids is 1. The number of nitro groups is 1. The fraction of sp³-hybridized carbons (Fsp3) is 0.238. The molecule has 2 heterocycles. The lowest BCUT2D eigenvalue weighted by Crippen LogP contribution is -2.49. The first kappa shape index (κ1) is 19.9. The second-order valence-corrected chi connectivity index (χ2v) is 7.55. The van der Waals surface area contributed by atoms with Gasteiger partial charge in [-0.2, -0.15) is 0 Å². The Morgan fingerprint density at radius 1 is 1.13 bits per heavy atom. The van der Waals surface area contributed by atoms with E-state index in [1.54, 1.807) is 30.2 Å².